The van der Waals surface area contributed by atoms with Gasteiger partial charge in [-0.1, -0.05) is 178 Å². The molecule has 0 heteroatoms. The molecular formula is C47H34. The smallest absolute Gasteiger partial charge is 0.0165 e. The van der Waals surface area contributed by atoms with Gasteiger partial charge in [-0.25, -0.2) is 0 Å². The SMILES string of the molecule is CC1(C)c2ccccc2-c2cccc(-c3ccc(-c4c5ccccc5c(-c5cccc(-c6ccccc6)c5)c5ccccc45)cc3)c21. The monoisotopic (exact) mass is 598 g/mol. The van der Waals surface area contributed by atoms with Crippen molar-refractivity contribution in [2.24, 2.45) is 0 Å². The van der Waals surface area contributed by atoms with Gasteiger partial charge in [-0.2, -0.15) is 0 Å². The van der Waals surface area contributed by atoms with E-state index in [-0.39, 0.29) is 5.41 Å². The zero-order chi connectivity index (χ0) is 31.5. The second-order valence-corrected chi connectivity index (χ2v) is 13.3. The van der Waals surface area contributed by atoms with E-state index in [4.69, 9.17) is 0 Å². The summed E-state index contributed by atoms with van der Waals surface area (Å²) in [5.74, 6) is 0. The minimum Gasteiger partial charge on any atom is -0.0622 e. The molecule has 0 saturated heterocycles. The number of benzene rings is 8. The van der Waals surface area contributed by atoms with E-state index in [9.17, 15) is 0 Å². The molecule has 1 aliphatic rings. The average molecular weight is 599 g/mol. The third kappa shape index (κ3) is 4.29. The van der Waals surface area contributed by atoms with E-state index in [1.807, 2.05) is 0 Å². The van der Waals surface area contributed by atoms with Crippen molar-refractivity contribution >= 4 is 21.5 Å². The van der Waals surface area contributed by atoms with Crippen molar-refractivity contribution in [1.29, 1.82) is 0 Å². The van der Waals surface area contributed by atoms with Gasteiger partial charge in [0.25, 0.3) is 0 Å². The molecule has 0 bridgehead atoms. The zero-order valence-electron chi connectivity index (χ0n) is 26.7. The van der Waals surface area contributed by atoms with Gasteiger partial charge in [-0.05, 0) is 94.4 Å². The van der Waals surface area contributed by atoms with Gasteiger partial charge < -0.3 is 0 Å². The summed E-state index contributed by atoms with van der Waals surface area (Å²) < 4.78 is 0. The lowest BCUT2D eigenvalue weighted by atomic mass is 9.78. The molecule has 9 rings (SSSR count). The molecule has 222 valence electrons. The normalized spacial score (nSPS) is 13.1. The summed E-state index contributed by atoms with van der Waals surface area (Å²) in [7, 11) is 0. The predicted octanol–water partition coefficient (Wildman–Crippen LogP) is 13.0. The highest BCUT2D eigenvalue weighted by atomic mass is 14.4. The zero-order valence-corrected chi connectivity index (χ0v) is 26.7. The Labute approximate surface area is 276 Å². The van der Waals surface area contributed by atoms with Gasteiger partial charge in [-0.15, -0.1) is 0 Å². The van der Waals surface area contributed by atoms with E-state index in [2.05, 4.69) is 184 Å². The van der Waals surface area contributed by atoms with Gasteiger partial charge in [0.1, 0.15) is 0 Å². The highest BCUT2D eigenvalue weighted by molar-refractivity contribution is 6.21. The number of fused-ring (bicyclic) bond motifs is 5. The second-order valence-electron chi connectivity index (χ2n) is 13.3. The fourth-order valence-electron chi connectivity index (χ4n) is 8.14. The van der Waals surface area contributed by atoms with Crippen molar-refractivity contribution in [3.63, 3.8) is 0 Å². The highest BCUT2D eigenvalue weighted by Gasteiger charge is 2.37. The molecule has 0 N–H and O–H groups in total. The summed E-state index contributed by atoms with van der Waals surface area (Å²) in [5.41, 5.74) is 15.6. The fourth-order valence-corrected chi connectivity index (χ4v) is 8.14. The standard InChI is InChI=1S/C47H34/c1-47(2)43-25-11-10-18-37(43)42-24-13-23-36(46(42)47)32-26-28-33(29-27-32)44-38-19-6-8-21-40(38)45(41-22-9-7-20-39(41)44)35-17-12-16-34(30-35)31-14-4-3-5-15-31/h3-30H,1-2H3. The van der Waals surface area contributed by atoms with Crippen LogP contribution in [-0.2, 0) is 5.41 Å². The van der Waals surface area contributed by atoms with Gasteiger partial charge in [0.05, 0.1) is 0 Å². The van der Waals surface area contributed by atoms with Crippen LogP contribution >= 0.6 is 0 Å². The third-order valence-corrected chi connectivity index (χ3v) is 10.3. The molecule has 1 aliphatic carbocycles. The third-order valence-electron chi connectivity index (χ3n) is 10.3. The Morgan fingerprint density at radius 3 is 1.47 bits per heavy atom. The Hall–Kier alpha value is -5.72. The first kappa shape index (κ1) is 27.6. The van der Waals surface area contributed by atoms with E-state index in [1.165, 1.54) is 88.3 Å². The van der Waals surface area contributed by atoms with E-state index < -0.39 is 0 Å². The van der Waals surface area contributed by atoms with Crippen LogP contribution in [0.25, 0.3) is 77.2 Å². The highest BCUT2D eigenvalue weighted by Crippen LogP contribution is 2.52. The minimum absolute atomic E-state index is 0.0543. The van der Waals surface area contributed by atoms with E-state index >= 15 is 0 Å². The molecule has 8 aromatic rings. The lowest BCUT2D eigenvalue weighted by Crippen LogP contribution is -2.16. The molecule has 0 aromatic heterocycles. The van der Waals surface area contributed by atoms with Crippen LogP contribution in [0.4, 0.5) is 0 Å². The summed E-state index contributed by atoms with van der Waals surface area (Å²) in [4.78, 5) is 0. The van der Waals surface area contributed by atoms with E-state index in [0.29, 0.717) is 0 Å². The van der Waals surface area contributed by atoms with Crippen LogP contribution in [0, 0.1) is 0 Å². The van der Waals surface area contributed by atoms with Crippen LogP contribution in [0.1, 0.15) is 25.0 Å². The van der Waals surface area contributed by atoms with Crippen molar-refractivity contribution in [3.8, 4) is 55.6 Å². The molecule has 0 heterocycles. The topological polar surface area (TPSA) is 0 Å². The van der Waals surface area contributed by atoms with Gasteiger partial charge >= 0.3 is 0 Å². The summed E-state index contributed by atoms with van der Waals surface area (Å²) >= 11 is 0. The Bertz CT molecular complexity index is 2400. The fraction of sp³-hybridized carbons (Fsp3) is 0.0638. The Morgan fingerprint density at radius 1 is 0.319 bits per heavy atom. The second kappa shape index (κ2) is 10.7. The Balaban J connectivity index is 1.21. The molecule has 0 unspecified atom stereocenters. The van der Waals surface area contributed by atoms with Crippen molar-refractivity contribution in [2.45, 2.75) is 19.3 Å². The summed E-state index contributed by atoms with van der Waals surface area (Å²) in [6.07, 6.45) is 0. The molecule has 0 radical (unpaired) electrons. The Kier molecular flexibility index (Phi) is 6.27. The molecular weight excluding hydrogens is 565 g/mol. The first-order valence-corrected chi connectivity index (χ1v) is 16.5. The Morgan fingerprint density at radius 2 is 0.787 bits per heavy atom. The van der Waals surface area contributed by atoms with Crippen LogP contribution in [0.3, 0.4) is 0 Å². The number of rotatable bonds is 4. The quantitative estimate of drug-likeness (QED) is 0.177. The molecule has 0 aliphatic heterocycles. The lowest BCUT2D eigenvalue weighted by Gasteiger charge is -2.24. The van der Waals surface area contributed by atoms with Crippen molar-refractivity contribution in [1.82, 2.24) is 0 Å². The van der Waals surface area contributed by atoms with Crippen LogP contribution in [0.2, 0.25) is 0 Å². The van der Waals surface area contributed by atoms with Gasteiger partial charge in [0.2, 0.25) is 0 Å². The van der Waals surface area contributed by atoms with Gasteiger partial charge in [0, 0.05) is 5.41 Å². The summed E-state index contributed by atoms with van der Waals surface area (Å²) in [5, 5.41) is 5.10. The molecule has 0 fully saturated rings. The predicted molar refractivity (Wildman–Crippen MR) is 201 cm³/mol. The molecule has 0 atom stereocenters. The van der Waals surface area contributed by atoms with Crippen LogP contribution in [-0.4, -0.2) is 0 Å². The van der Waals surface area contributed by atoms with Gasteiger partial charge in [0.15, 0.2) is 0 Å². The minimum atomic E-state index is -0.0543. The lowest BCUT2D eigenvalue weighted by molar-refractivity contribution is 0.662. The van der Waals surface area contributed by atoms with Crippen molar-refractivity contribution in [3.05, 3.63) is 181 Å². The first-order chi connectivity index (χ1) is 23.1. The van der Waals surface area contributed by atoms with E-state index in [0.717, 1.165) is 0 Å². The van der Waals surface area contributed by atoms with Crippen LogP contribution < -0.4 is 0 Å². The van der Waals surface area contributed by atoms with Crippen LogP contribution in [0.15, 0.2) is 170 Å². The first-order valence-electron chi connectivity index (χ1n) is 16.5. The average Bonchev–Trinajstić information content (AvgIpc) is 3.37. The molecule has 8 aromatic carbocycles. The van der Waals surface area contributed by atoms with E-state index in [1.54, 1.807) is 0 Å². The number of hydrogen-bond acceptors (Lipinski definition) is 0. The molecule has 0 spiro atoms. The molecule has 0 nitrogen and oxygen atoms in total. The molecule has 47 heavy (non-hydrogen) atoms. The van der Waals surface area contributed by atoms with Crippen LogP contribution in [0.5, 0.6) is 0 Å². The van der Waals surface area contributed by atoms with Gasteiger partial charge in [-0.3, -0.25) is 0 Å². The summed E-state index contributed by atoms with van der Waals surface area (Å²) in [6.45, 7) is 4.73. The maximum Gasteiger partial charge on any atom is 0.0165 e. The van der Waals surface area contributed by atoms with Crippen molar-refractivity contribution < 1.29 is 0 Å². The summed E-state index contributed by atoms with van der Waals surface area (Å²) in [6, 6.07) is 62.5. The maximum atomic E-state index is 2.37. The molecule has 0 amide bonds. The largest absolute Gasteiger partial charge is 0.0622 e. The van der Waals surface area contributed by atoms with Crippen molar-refractivity contribution in [2.75, 3.05) is 0 Å². The molecule has 0 saturated carbocycles. The number of hydrogen-bond donors (Lipinski definition) is 0. The maximum absolute atomic E-state index is 2.37.